The first kappa shape index (κ1) is 16.1. The van der Waals surface area contributed by atoms with Crippen molar-refractivity contribution in [2.75, 3.05) is 47.9 Å². The molecule has 2 unspecified atom stereocenters. The Morgan fingerprint density at radius 2 is 1.81 bits per heavy atom. The maximum atomic E-state index is 10.7. The molecule has 2 rings (SSSR count). The normalized spacial score (nSPS) is 22.0. The average molecular weight is 294 g/mol. The molecule has 0 spiro atoms. The molecule has 0 amide bonds. The molecule has 0 aliphatic carbocycles. The molecule has 5 nitrogen and oxygen atoms in total. The number of aliphatic hydroxyl groups is 1. The molecular formula is C16H26N2O3. The summed E-state index contributed by atoms with van der Waals surface area (Å²) in [7, 11) is 7.47. The summed E-state index contributed by atoms with van der Waals surface area (Å²) in [6.45, 7) is 3.06. The summed E-state index contributed by atoms with van der Waals surface area (Å²) in [5.41, 5.74) is 0.740. The SMILES string of the molecule is COc1cccc(OC)c1C(O)CC1CN(C)CCN1C. The highest BCUT2D eigenvalue weighted by molar-refractivity contribution is 5.46. The molecule has 118 valence electrons. The first-order valence-corrected chi connectivity index (χ1v) is 7.34. The van der Waals surface area contributed by atoms with Crippen LogP contribution in [0.5, 0.6) is 11.5 Å². The van der Waals surface area contributed by atoms with Crippen LogP contribution >= 0.6 is 0 Å². The van der Waals surface area contributed by atoms with Gasteiger partial charge in [-0.05, 0) is 32.6 Å². The number of aliphatic hydroxyl groups excluding tert-OH is 1. The Labute approximate surface area is 127 Å². The molecule has 0 bridgehead atoms. The van der Waals surface area contributed by atoms with Gasteiger partial charge in [-0.2, -0.15) is 0 Å². The van der Waals surface area contributed by atoms with Crippen molar-refractivity contribution in [3.63, 3.8) is 0 Å². The van der Waals surface area contributed by atoms with Crippen molar-refractivity contribution in [1.82, 2.24) is 9.80 Å². The van der Waals surface area contributed by atoms with Gasteiger partial charge in [0.25, 0.3) is 0 Å². The number of likely N-dealkylation sites (N-methyl/N-ethyl adjacent to an activating group) is 2. The lowest BCUT2D eigenvalue weighted by atomic mass is 9.98. The van der Waals surface area contributed by atoms with E-state index in [4.69, 9.17) is 9.47 Å². The van der Waals surface area contributed by atoms with Gasteiger partial charge in [-0.15, -0.1) is 0 Å². The van der Waals surface area contributed by atoms with Gasteiger partial charge in [0.05, 0.1) is 25.9 Å². The van der Waals surface area contributed by atoms with Crippen molar-refractivity contribution in [1.29, 1.82) is 0 Å². The molecule has 2 atom stereocenters. The monoisotopic (exact) mass is 294 g/mol. The molecule has 1 aromatic rings. The van der Waals surface area contributed by atoms with Gasteiger partial charge >= 0.3 is 0 Å². The van der Waals surface area contributed by atoms with Crippen molar-refractivity contribution >= 4 is 0 Å². The Kier molecular flexibility index (Phi) is 5.45. The first-order chi connectivity index (χ1) is 10.1. The largest absolute Gasteiger partial charge is 0.496 e. The van der Waals surface area contributed by atoms with E-state index < -0.39 is 6.10 Å². The number of nitrogens with zero attached hydrogens (tertiary/aromatic N) is 2. The van der Waals surface area contributed by atoms with Crippen LogP contribution in [0, 0.1) is 0 Å². The molecule has 5 heteroatoms. The highest BCUT2D eigenvalue weighted by atomic mass is 16.5. The zero-order valence-corrected chi connectivity index (χ0v) is 13.4. The minimum absolute atomic E-state index is 0.327. The second-order valence-electron chi connectivity index (χ2n) is 5.72. The van der Waals surface area contributed by atoms with Gasteiger partial charge in [0.15, 0.2) is 0 Å². The van der Waals surface area contributed by atoms with Crippen molar-refractivity contribution < 1.29 is 14.6 Å². The summed E-state index contributed by atoms with van der Waals surface area (Å²) in [5, 5.41) is 10.7. The van der Waals surface area contributed by atoms with E-state index in [1.54, 1.807) is 14.2 Å². The van der Waals surface area contributed by atoms with E-state index in [2.05, 4.69) is 23.9 Å². The molecule has 1 heterocycles. The van der Waals surface area contributed by atoms with Crippen LogP contribution in [0.2, 0.25) is 0 Å². The van der Waals surface area contributed by atoms with Gasteiger partial charge in [0.2, 0.25) is 0 Å². The molecule has 1 aliphatic rings. The summed E-state index contributed by atoms with van der Waals surface area (Å²) in [6, 6.07) is 5.91. The minimum atomic E-state index is -0.602. The summed E-state index contributed by atoms with van der Waals surface area (Å²) in [5.74, 6) is 1.35. The lowest BCUT2D eigenvalue weighted by Gasteiger charge is -2.38. The quantitative estimate of drug-likeness (QED) is 0.889. The Hall–Kier alpha value is -1.30. The molecule has 1 saturated heterocycles. The van der Waals surface area contributed by atoms with E-state index in [-0.39, 0.29) is 0 Å². The Morgan fingerprint density at radius 3 is 2.38 bits per heavy atom. The topological polar surface area (TPSA) is 45.2 Å². The van der Waals surface area contributed by atoms with Crippen LogP contribution in [0.25, 0.3) is 0 Å². The van der Waals surface area contributed by atoms with Crippen LogP contribution in [-0.2, 0) is 0 Å². The fraction of sp³-hybridized carbons (Fsp3) is 0.625. The van der Waals surface area contributed by atoms with E-state index in [1.165, 1.54) is 0 Å². The minimum Gasteiger partial charge on any atom is -0.496 e. The van der Waals surface area contributed by atoms with Crippen LogP contribution in [0.15, 0.2) is 18.2 Å². The van der Waals surface area contributed by atoms with Crippen LogP contribution < -0.4 is 9.47 Å². The van der Waals surface area contributed by atoms with E-state index in [9.17, 15) is 5.11 Å². The number of ether oxygens (including phenoxy) is 2. The molecule has 0 radical (unpaired) electrons. The second-order valence-corrected chi connectivity index (χ2v) is 5.72. The molecule has 1 aliphatic heterocycles. The van der Waals surface area contributed by atoms with Gasteiger partial charge < -0.3 is 24.4 Å². The number of rotatable bonds is 5. The zero-order valence-electron chi connectivity index (χ0n) is 13.4. The number of methoxy groups -OCH3 is 2. The van der Waals surface area contributed by atoms with Gasteiger partial charge in [0, 0.05) is 25.7 Å². The fourth-order valence-electron chi connectivity index (χ4n) is 2.94. The van der Waals surface area contributed by atoms with Crippen molar-refractivity contribution in [3.8, 4) is 11.5 Å². The van der Waals surface area contributed by atoms with E-state index in [1.807, 2.05) is 18.2 Å². The smallest absolute Gasteiger partial charge is 0.128 e. The summed E-state index contributed by atoms with van der Waals surface area (Å²) >= 11 is 0. The number of hydrogen-bond donors (Lipinski definition) is 1. The van der Waals surface area contributed by atoms with Crippen LogP contribution in [0.3, 0.4) is 0 Å². The Balaban J connectivity index is 2.17. The summed E-state index contributed by atoms with van der Waals surface area (Å²) in [4.78, 5) is 4.61. The van der Waals surface area contributed by atoms with Crippen molar-refractivity contribution in [2.24, 2.45) is 0 Å². The van der Waals surface area contributed by atoms with Crippen molar-refractivity contribution in [3.05, 3.63) is 23.8 Å². The molecule has 1 aromatic carbocycles. The lowest BCUT2D eigenvalue weighted by Crippen LogP contribution is -2.50. The molecule has 1 fully saturated rings. The molecule has 1 N–H and O–H groups in total. The molecule has 21 heavy (non-hydrogen) atoms. The van der Waals surface area contributed by atoms with Gasteiger partial charge in [-0.3, -0.25) is 0 Å². The highest BCUT2D eigenvalue weighted by Crippen LogP contribution is 2.36. The predicted octanol–water partition coefficient (Wildman–Crippen LogP) is 1.37. The van der Waals surface area contributed by atoms with Crippen LogP contribution in [0.1, 0.15) is 18.1 Å². The molecule has 0 aromatic heterocycles. The summed E-state index contributed by atoms with van der Waals surface area (Å²) < 4.78 is 10.8. The van der Waals surface area contributed by atoms with Gasteiger partial charge in [0.1, 0.15) is 11.5 Å². The predicted molar refractivity (Wildman–Crippen MR) is 83.0 cm³/mol. The standard InChI is InChI=1S/C16H26N2O3/c1-17-8-9-18(2)12(11-17)10-13(19)16-14(20-3)6-5-7-15(16)21-4/h5-7,12-13,19H,8-11H2,1-4H3. The molecular weight excluding hydrogens is 268 g/mol. The molecule has 0 saturated carbocycles. The van der Waals surface area contributed by atoms with Crippen LogP contribution in [0.4, 0.5) is 0 Å². The average Bonchev–Trinajstić information content (AvgIpc) is 2.49. The maximum Gasteiger partial charge on any atom is 0.128 e. The van der Waals surface area contributed by atoms with E-state index in [0.29, 0.717) is 24.0 Å². The lowest BCUT2D eigenvalue weighted by molar-refractivity contribution is 0.0616. The number of piperazine rings is 1. The first-order valence-electron chi connectivity index (χ1n) is 7.34. The highest BCUT2D eigenvalue weighted by Gasteiger charge is 2.27. The Morgan fingerprint density at radius 1 is 1.19 bits per heavy atom. The van der Waals surface area contributed by atoms with Crippen molar-refractivity contribution in [2.45, 2.75) is 18.6 Å². The van der Waals surface area contributed by atoms with Crippen LogP contribution in [-0.4, -0.2) is 68.9 Å². The summed E-state index contributed by atoms with van der Waals surface area (Å²) in [6.07, 6.45) is 0.0625. The van der Waals surface area contributed by atoms with Gasteiger partial charge in [-0.1, -0.05) is 6.07 Å². The Bertz CT molecular complexity index is 445. The second kappa shape index (κ2) is 7.11. The third kappa shape index (κ3) is 3.67. The third-order valence-electron chi connectivity index (χ3n) is 4.27. The third-order valence-corrected chi connectivity index (χ3v) is 4.27. The maximum absolute atomic E-state index is 10.7. The van der Waals surface area contributed by atoms with E-state index in [0.717, 1.165) is 25.2 Å². The zero-order chi connectivity index (χ0) is 15.4. The van der Waals surface area contributed by atoms with E-state index >= 15 is 0 Å². The van der Waals surface area contributed by atoms with Gasteiger partial charge in [-0.25, -0.2) is 0 Å². The number of hydrogen-bond acceptors (Lipinski definition) is 5. The number of benzene rings is 1. The fourth-order valence-corrected chi connectivity index (χ4v) is 2.94.